The minimum Gasteiger partial charge on any atom is -0.493 e. The predicted molar refractivity (Wildman–Crippen MR) is 141 cm³/mol. The molecule has 1 saturated heterocycles. The fraction of sp³-hybridized carbons (Fsp3) is 0.259. The molecule has 0 saturated carbocycles. The average molecular weight is 537 g/mol. The average Bonchev–Trinajstić information content (AvgIpc) is 3.35. The second-order valence-corrected chi connectivity index (χ2v) is 10.3. The van der Waals surface area contributed by atoms with E-state index in [1.807, 2.05) is 26.8 Å². The third-order valence-corrected chi connectivity index (χ3v) is 7.40. The number of nitrogens with zero attached hydrogens (tertiary/aromatic N) is 1. The normalized spacial score (nSPS) is 19.2. The van der Waals surface area contributed by atoms with Crippen LogP contribution in [-0.4, -0.2) is 49.9 Å². The van der Waals surface area contributed by atoms with Gasteiger partial charge >= 0.3 is 5.97 Å². The van der Waals surface area contributed by atoms with E-state index in [1.165, 1.54) is 33.5 Å². The number of hydrogen-bond acceptors (Lipinski definition) is 9. The zero-order valence-corrected chi connectivity index (χ0v) is 22.3. The molecule has 1 fully saturated rings. The van der Waals surface area contributed by atoms with Gasteiger partial charge in [-0.05, 0) is 62.4 Å². The Morgan fingerprint density at radius 2 is 1.58 bits per heavy atom. The highest BCUT2D eigenvalue weighted by molar-refractivity contribution is 8.18. The molecule has 38 heavy (non-hydrogen) atoms. The van der Waals surface area contributed by atoms with Gasteiger partial charge < -0.3 is 18.9 Å². The number of benzene rings is 2. The van der Waals surface area contributed by atoms with E-state index in [-0.39, 0.29) is 33.3 Å². The summed E-state index contributed by atoms with van der Waals surface area (Å²) >= 11 is 0.674. The highest BCUT2D eigenvalue weighted by Crippen LogP contribution is 2.52. The second-order valence-electron chi connectivity index (χ2n) is 9.34. The van der Waals surface area contributed by atoms with Gasteiger partial charge in [0, 0.05) is 11.1 Å². The number of methoxy groups -OCH3 is 3. The van der Waals surface area contributed by atoms with Gasteiger partial charge in [0.1, 0.15) is 5.75 Å². The molecule has 3 aliphatic rings. The molecule has 2 aromatic rings. The number of rotatable bonds is 5. The van der Waals surface area contributed by atoms with Gasteiger partial charge in [0.15, 0.2) is 11.5 Å². The number of esters is 1. The summed E-state index contributed by atoms with van der Waals surface area (Å²) in [5.41, 5.74) is 2.10. The molecule has 0 unspecified atom stereocenters. The van der Waals surface area contributed by atoms with Crippen LogP contribution in [0.1, 0.15) is 42.3 Å². The lowest BCUT2D eigenvalue weighted by Crippen LogP contribution is -2.46. The first-order valence-electron chi connectivity index (χ1n) is 11.5. The number of amides is 3. The number of allylic oxidation sites excluding steroid dienone is 1. The Morgan fingerprint density at radius 3 is 2.13 bits per heavy atom. The van der Waals surface area contributed by atoms with Crippen molar-refractivity contribution in [2.75, 3.05) is 26.2 Å². The number of carbonyl (C=O) groups excluding carboxylic acids is 4. The lowest BCUT2D eigenvalue weighted by molar-refractivity contribution is -0.116. The Morgan fingerprint density at radius 1 is 0.947 bits per heavy atom. The molecule has 0 bridgehead atoms. The minimum atomic E-state index is -0.701. The molecule has 0 aromatic heterocycles. The first kappa shape index (κ1) is 25.4. The van der Waals surface area contributed by atoms with Gasteiger partial charge in [0.2, 0.25) is 5.75 Å². The highest BCUT2D eigenvalue weighted by atomic mass is 32.2. The van der Waals surface area contributed by atoms with Crippen LogP contribution in [0.3, 0.4) is 0 Å². The van der Waals surface area contributed by atoms with E-state index in [2.05, 4.69) is 5.32 Å². The van der Waals surface area contributed by atoms with Crippen LogP contribution in [0.15, 0.2) is 35.2 Å². The van der Waals surface area contributed by atoms with Crippen LogP contribution in [0.2, 0.25) is 0 Å². The molecule has 0 radical (unpaired) electrons. The van der Waals surface area contributed by atoms with Crippen LogP contribution in [-0.2, 0) is 9.59 Å². The van der Waals surface area contributed by atoms with Crippen molar-refractivity contribution in [1.29, 1.82) is 0 Å². The fourth-order valence-corrected chi connectivity index (χ4v) is 5.78. The summed E-state index contributed by atoms with van der Waals surface area (Å²) in [6.45, 7) is 5.68. The van der Waals surface area contributed by atoms with Crippen LogP contribution in [0.25, 0.3) is 11.1 Å². The summed E-state index contributed by atoms with van der Waals surface area (Å²) in [6.07, 6.45) is 1.93. The molecular formula is C27H24N2O8S. The van der Waals surface area contributed by atoms with Crippen molar-refractivity contribution in [1.82, 2.24) is 5.32 Å². The van der Waals surface area contributed by atoms with Crippen molar-refractivity contribution >= 4 is 51.6 Å². The SMILES string of the molecule is COc1cc(C(=O)Oc2cc3c4c(c2)C(=C2SC(=O)NC2=O)C(=O)N4C(C)(C)C=C3C)cc(OC)c1OC. The van der Waals surface area contributed by atoms with Crippen LogP contribution in [0.5, 0.6) is 23.0 Å². The number of anilines is 1. The summed E-state index contributed by atoms with van der Waals surface area (Å²) < 4.78 is 21.7. The number of carbonyl (C=O) groups is 4. The van der Waals surface area contributed by atoms with E-state index in [0.29, 0.717) is 34.3 Å². The Bertz CT molecular complexity index is 1500. The number of nitrogens with one attached hydrogen (secondary N) is 1. The Labute approximate surface area is 222 Å². The molecule has 0 aliphatic carbocycles. The van der Waals surface area contributed by atoms with Gasteiger partial charge in [-0.15, -0.1) is 0 Å². The molecule has 2 aromatic carbocycles. The van der Waals surface area contributed by atoms with Gasteiger partial charge in [-0.3, -0.25) is 24.6 Å². The fourth-order valence-electron chi connectivity index (χ4n) is 5.01. The Kier molecular flexibility index (Phi) is 5.98. The summed E-state index contributed by atoms with van der Waals surface area (Å²) in [6, 6.07) is 6.16. The summed E-state index contributed by atoms with van der Waals surface area (Å²) in [5.74, 6) is -0.694. The number of hydrogen-bond donors (Lipinski definition) is 1. The number of imide groups is 1. The van der Waals surface area contributed by atoms with Gasteiger partial charge in [-0.25, -0.2) is 4.79 Å². The quantitative estimate of drug-likeness (QED) is 0.341. The van der Waals surface area contributed by atoms with Crippen LogP contribution in [0, 0.1) is 0 Å². The van der Waals surface area contributed by atoms with E-state index < -0.39 is 28.6 Å². The maximum atomic E-state index is 13.7. The zero-order valence-electron chi connectivity index (χ0n) is 21.5. The first-order valence-corrected chi connectivity index (χ1v) is 12.3. The van der Waals surface area contributed by atoms with Crippen LogP contribution < -0.4 is 29.2 Å². The van der Waals surface area contributed by atoms with E-state index >= 15 is 0 Å². The lowest BCUT2D eigenvalue weighted by atomic mass is 9.89. The molecule has 0 atom stereocenters. The van der Waals surface area contributed by atoms with Crippen molar-refractivity contribution in [3.05, 3.63) is 51.9 Å². The molecule has 10 nitrogen and oxygen atoms in total. The smallest absolute Gasteiger partial charge is 0.343 e. The molecular weight excluding hydrogens is 512 g/mol. The van der Waals surface area contributed by atoms with E-state index in [4.69, 9.17) is 18.9 Å². The molecule has 0 spiro atoms. The highest BCUT2D eigenvalue weighted by Gasteiger charge is 2.48. The third kappa shape index (κ3) is 3.81. The summed E-state index contributed by atoms with van der Waals surface area (Å²) in [7, 11) is 4.33. The van der Waals surface area contributed by atoms with Crippen molar-refractivity contribution in [2.24, 2.45) is 0 Å². The van der Waals surface area contributed by atoms with Crippen molar-refractivity contribution in [2.45, 2.75) is 26.3 Å². The third-order valence-electron chi connectivity index (χ3n) is 6.52. The molecule has 3 amide bonds. The number of ether oxygens (including phenoxy) is 4. The van der Waals surface area contributed by atoms with E-state index in [9.17, 15) is 19.2 Å². The standard InChI is InChI=1S/C27H24N2O8S/c1-12-11-27(2,3)29-20-15(12)9-14(10-16(20)19(24(29)31)22-23(30)28-26(33)38-22)37-25(32)13-7-17(34-4)21(36-6)18(8-13)35-5/h7-11H,1-6H3,(H,28,30,33). The molecule has 11 heteroatoms. The van der Waals surface area contributed by atoms with Crippen LogP contribution in [0.4, 0.5) is 10.5 Å². The van der Waals surface area contributed by atoms with Gasteiger partial charge in [0.05, 0.1) is 48.6 Å². The monoisotopic (exact) mass is 536 g/mol. The van der Waals surface area contributed by atoms with E-state index in [1.54, 1.807) is 17.0 Å². The maximum absolute atomic E-state index is 13.7. The lowest BCUT2D eigenvalue weighted by Gasteiger charge is -2.38. The van der Waals surface area contributed by atoms with Crippen molar-refractivity contribution < 1.29 is 38.1 Å². The largest absolute Gasteiger partial charge is 0.493 e. The zero-order chi connectivity index (χ0) is 27.5. The first-order chi connectivity index (χ1) is 18.0. The minimum absolute atomic E-state index is 0.0122. The molecule has 3 heterocycles. The molecule has 3 aliphatic heterocycles. The summed E-state index contributed by atoms with van der Waals surface area (Å²) in [5, 5.41) is 1.65. The Hall–Kier alpha value is -4.25. The maximum Gasteiger partial charge on any atom is 0.343 e. The van der Waals surface area contributed by atoms with Gasteiger partial charge in [-0.1, -0.05) is 6.08 Å². The Balaban J connectivity index is 1.64. The number of thioether (sulfide) groups is 1. The molecule has 1 N–H and O–H groups in total. The topological polar surface area (TPSA) is 120 Å². The second kappa shape index (κ2) is 8.95. The van der Waals surface area contributed by atoms with E-state index in [0.717, 1.165) is 5.57 Å². The molecule has 5 rings (SSSR count). The van der Waals surface area contributed by atoms with Crippen molar-refractivity contribution in [3.63, 3.8) is 0 Å². The van der Waals surface area contributed by atoms with Gasteiger partial charge in [0.25, 0.3) is 17.1 Å². The predicted octanol–water partition coefficient (Wildman–Crippen LogP) is 4.17. The van der Waals surface area contributed by atoms with Crippen molar-refractivity contribution in [3.8, 4) is 23.0 Å². The van der Waals surface area contributed by atoms with Gasteiger partial charge in [-0.2, -0.15) is 0 Å². The summed E-state index contributed by atoms with van der Waals surface area (Å²) in [4.78, 5) is 53.0. The van der Waals surface area contributed by atoms with Crippen LogP contribution >= 0.6 is 11.8 Å². The molecule has 196 valence electrons.